The summed E-state index contributed by atoms with van der Waals surface area (Å²) in [5.74, 6) is -0.422. The number of hydrogen-bond donors (Lipinski definition) is 5. The molecule has 0 aliphatic carbocycles. The number of phenols is 2. The van der Waals surface area contributed by atoms with Crippen LogP contribution in [-0.2, 0) is 14.3 Å². The van der Waals surface area contributed by atoms with Gasteiger partial charge in [0, 0.05) is 24.3 Å². The molecule has 0 aromatic heterocycles. The average Bonchev–Trinajstić information content (AvgIpc) is 2.77. The molecule has 10 heteroatoms. The number of esters is 1. The largest absolute Gasteiger partial charge is 0.508 e. The normalized spacial score (nSPS) is 25.4. The zero-order chi connectivity index (χ0) is 23.3. The molecule has 10 nitrogen and oxygen atoms in total. The van der Waals surface area contributed by atoms with Crippen molar-refractivity contribution < 1.29 is 49.3 Å². The summed E-state index contributed by atoms with van der Waals surface area (Å²) in [6.07, 6.45) is -4.78. The molecule has 1 aliphatic heterocycles. The Kier molecular flexibility index (Phi) is 7.54. The van der Waals surface area contributed by atoms with E-state index < -0.39 is 43.3 Å². The molecule has 5 N–H and O–H groups in total. The van der Waals surface area contributed by atoms with E-state index in [0.29, 0.717) is 5.56 Å². The highest BCUT2D eigenvalue weighted by molar-refractivity contribution is 5.87. The van der Waals surface area contributed by atoms with Crippen LogP contribution in [0.3, 0.4) is 0 Å². The zero-order valence-electron chi connectivity index (χ0n) is 17.1. The van der Waals surface area contributed by atoms with Crippen LogP contribution < -0.4 is 9.47 Å². The molecule has 0 radical (unpaired) electrons. The Labute approximate surface area is 183 Å². The summed E-state index contributed by atoms with van der Waals surface area (Å²) in [5.41, 5.74) is 0.655. The third-order valence-electron chi connectivity index (χ3n) is 4.72. The van der Waals surface area contributed by atoms with Crippen LogP contribution in [0.25, 0.3) is 6.08 Å². The fourth-order valence-corrected chi connectivity index (χ4v) is 2.99. The van der Waals surface area contributed by atoms with Crippen LogP contribution in [0.5, 0.6) is 23.0 Å². The van der Waals surface area contributed by atoms with E-state index in [9.17, 15) is 30.3 Å². The lowest BCUT2D eigenvalue weighted by Crippen LogP contribution is -2.60. The molecule has 3 rings (SSSR count). The molecule has 1 aliphatic rings. The van der Waals surface area contributed by atoms with E-state index >= 15 is 0 Å². The van der Waals surface area contributed by atoms with Crippen molar-refractivity contribution in [3.63, 3.8) is 0 Å². The topological polar surface area (TPSA) is 155 Å². The maximum atomic E-state index is 12.0. The molecule has 0 spiro atoms. The standard InChI is InChI=1S/C22H24O10/c1-29-15-8-14(24)9-16(10-15)31-22-21(28)20(27)19(26)17(32-22)11-30-18(25)7-4-12-2-5-13(23)6-3-12/h2-10,17,19-24,26-28H,11H2,1H3/b7-4+/t17-,19-,20+,21-,22-/m1/s1. The van der Waals surface area contributed by atoms with Gasteiger partial charge in [0.1, 0.15) is 54.0 Å². The second-order valence-corrected chi connectivity index (χ2v) is 7.05. The van der Waals surface area contributed by atoms with E-state index in [-0.39, 0.29) is 23.0 Å². The minimum Gasteiger partial charge on any atom is -0.508 e. The van der Waals surface area contributed by atoms with Gasteiger partial charge in [-0.2, -0.15) is 0 Å². The minimum atomic E-state index is -1.64. The third-order valence-corrected chi connectivity index (χ3v) is 4.72. The summed E-state index contributed by atoms with van der Waals surface area (Å²) in [6.45, 7) is -0.424. The smallest absolute Gasteiger partial charge is 0.330 e. The van der Waals surface area contributed by atoms with Crippen molar-refractivity contribution in [1.29, 1.82) is 0 Å². The van der Waals surface area contributed by atoms with Gasteiger partial charge < -0.3 is 44.5 Å². The number of aromatic hydroxyl groups is 2. The third kappa shape index (κ3) is 5.89. The van der Waals surface area contributed by atoms with Crippen molar-refractivity contribution in [3.8, 4) is 23.0 Å². The Bertz CT molecular complexity index is 942. The molecular weight excluding hydrogens is 424 g/mol. The molecule has 0 saturated carbocycles. The summed E-state index contributed by atoms with van der Waals surface area (Å²) in [6, 6.07) is 10.2. The highest BCUT2D eigenvalue weighted by atomic mass is 16.7. The maximum absolute atomic E-state index is 12.0. The lowest BCUT2D eigenvalue weighted by molar-refractivity contribution is -0.278. The number of methoxy groups -OCH3 is 1. The monoisotopic (exact) mass is 448 g/mol. The van der Waals surface area contributed by atoms with Crippen LogP contribution in [0.15, 0.2) is 48.5 Å². The van der Waals surface area contributed by atoms with Crippen LogP contribution in [-0.4, -0.2) is 75.9 Å². The highest BCUT2D eigenvalue weighted by Gasteiger charge is 2.45. The Hall–Kier alpha value is -3.31. The van der Waals surface area contributed by atoms with E-state index in [1.165, 1.54) is 43.5 Å². The Balaban J connectivity index is 1.61. The molecule has 32 heavy (non-hydrogen) atoms. The first-order valence-corrected chi connectivity index (χ1v) is 9.65. The molecule has 0 amide bonds. The van der Waals surface area contributed by atoms with E-state index in [1.54, 1.807) is 12.1 Å². The number of aliphatic hydroxyl groups is 3. The Morgan fingerprint density at radius 1 is 0.969 bits per heavy atom. The van der Waals surface area contributed by atoms with Gasteiger partial charge in [-0.15, -0.1) is 0 Å². The average molecular weight is 448 g/mol. The van der Waals surface area contributed by atoms with Gasteiger partial charge in [-0.25, -0.2) is 4.79 Å². The van der Waals surface area contributed by atoms with E-state index in [2.05, 4.69) is 0 Å². The fourth-order valence-electron chi connectivity index (χ4n) is 2.99. The van der Waals surface area contributed by atoms with E-state index in [1.807, 2.05) is 0 Å². The van der Waals surface area contributed by atoms with Crippen LogP contribution in [0.2, 0.25) is 0 Å². The van der Waals surface area contributed by atoms with Crippen molar-refractivity contribution in [3.05, 3.63) is 54.1 Å². The van der Waals surface area contributed by atoms with Gasteiger partial charge in [0.15, 0.2) is 0 Å². The van der Waals surface area contributed by atoms with Crippen LogP contribution in [0, 0.1) is 0 Å². The molecule has 1 saturated heterocycles. The number of aliphatic hydroxyl groups excluding tert-OH is 3. The predicted molar refractivity (Wildman–Crippen MR) is 110 cm³/mol. The number of phenolic OH excluding ortho intramolecular Hbond substituents is 2. The SMILES string of the molecule is COc1cc(O)cc(O[C@@H]2O[C@H](COC(=O)/C=C/c3ccc(O)cc3)[C@@H](O)[C@H](O)[C@H]2O)c1. The maximum Gasteiger partial charge on any atom is 0.330 e. The number of rotatable bonds is 7. The molecule has 172 valence electrons. The van der Waals surface area contributed by atoms with E-state index in [0.717, 1.165) is 6.08 Å². The van der Waals surface area contributed by atoms with Crippen molar-refractivity contribution in [2.75, 3.05) is 13.7 Å². The quantitative estimate of drug-likeness (QED) is 0.299. The van der Waals surface area contributed by atoms with Crippen LogP contribution >= 0.6 is 0 Å². The van der Waals surface area contributed by atoms with Crippen molar-refractivity contribution in [1.82, 2.24) is 0 Å². The molecular formula is C22H24O10. The van der Waals surface area contributed by atoms with Gasteiger partial charge in [-0.05, 0) is 23.8 Å². The van der Waals surface area contributed by atoms with Crippen LogP contribution in [0.4, 0.5) is 0 Å². The summed E-state index contributed by atoms with van der Waals surface area (Å²) in [4.78, 5) is 12.0. The van der Waals surface area contributed by atoms with Gasteiger partial charge in [-0.3, -0.25) is 0 Å². The first kappa shape index (κ1) is 23.4. The lowest BCUT2D eigenvalue weighted by atomic mass is 9.99. The molecule has 2 aromatic carbocycles. The number of hydrogen-bond acceptors (Lipinski definition) is 10. The van der Waals surface area contributed by atoms with Gasteiger partial charge in [0.05, 0.1) is 7.11 Å². The lowest BCUT2D eigenvalue weighted by Gasteiger charge is -2.39. The number of ether oxygens (including phenoxy) is 4. The Morgan fingerprint density at radius 2 is 1.66 bits per heavy atom. The van der Waals surface area contributed by atoms with Crippen LogP contribution in [0.1, 0.15) is 5.56 Å². The summed E-state index contributed by atoms with van der Waals surface area (Å²) >= 11 is 0. The van der Waals surface area contributed by atoms with Gasteiger partial charge >= 0.3 is 5.97 Å². The fraction of sp³-hybridized carbons (Fsp3) is 0.318. The summed E-state index contributed by atoms with van der Waals surface area (Å²) < 4.78 is 21.1. The molecule has 1 heterocycles. The van der Waals surface area contributed by atoms with Gasteiger partial charge in [-0.1, -0.05) is 12.1 Å². The highest BCUT2D eigenvalue weighted by Crippen LogP contribution is 2.30. The molecule has 2 aromatic rings. The summed E-state index contributed by atoms with van der Waals surface area (Å²) in [5, 5.41) is 49.5. The molecule has 0 unspecified atom stereocenters. The van der Waals surface area contributed by atoms with Gasteiger partial charge in [0.2, 0.25) is 6.29 Å². The molecule has 5 atom stereocenters. The molecule has 1 fully saturated rings. The van der Waals surface area contributed by atoms with Crippen molar-refractivity contribution >= 4 is 12.0 Å². The van der Waals surface area contributed by atoms with Gasteiger partial charge in [0.25, 0.3) is 0 Å². The number of carbonyl (C=O) groups excluding carboxylic acids is 1. The first-order valence-electron chi connectivity index (χ1n) is 9.65. The second kappa shape index (κ2) is 10.3. The Morgan fingerprint density at radius 3 is 2.34 bits per heavy atom. The van der Waals surface area contributed by atoms with Crippen molar-refractivity contribution in [2.24, 2.45) is 0 Å². The summed E-state index contributed by atoms with van der Waals surface area (Å²) in [7, 11) is 1.39. The number of benzene rings is 2. The predicted octanol–water partition coefficient (Wildman–Crippen LogP) is 0.549. The van der Waals surface area contributed by atoms with E-state index in [4.69, 9.17) is 18.9 Å². The second-order valence-electron chi connectivity index (χ2n) is 7.05. The van der Waals surface area contributed by atoms with Crippen molar-refractivity contribution in [2.45, 2.75) is 30.7 Å². The molecule has 0 bridgehead atoms. The number of carbonyl (C=O) groups is 1. The minimum absolute atomic E-state index is 0.0852. The zero-order valence-corrected chi connectivity index (χ0v) is 17.1. The first-order chi connectivity index (χ1) is 15.3.